The van der Waals surface area contributed by atoms with Crippen LogP contribution in [0.2, 0.25) is 0 Å². The Bertz CT molecular complexity index is 357. The van der Waals surface area contributed by atoms with Gasteiger partial charge in [-0.25, -0.2) is 9.78 Å². The summed E-state index contributed by atoms with van der Waals surface area (Å²) >= 11 is 1.35. The molecule has 0 aliphatic rings. The zero-order chi connectivity index (χ0) is 10.7. The van der Waals surface area contributed by atoms with Crippen molar-refractivity contribution >= 4 is 17.3 Å². The summed E-state index contributed by atoms with van der Waals surface area (Å²) in [7, 11) is 0. The maximum absolute atomic E-state index is 11.5. The number of rotatable bonds is 3. The number of hydrogen-bond acceptors (Lipinski definition) is 4. The lowest BCUT2D eigenvalue weighted by atomic mass is 10.4. The molecule has 76 valence electrons. The average molecular weight is 211 g/mol. The van der Waals surface area contributed by atoms with Crippen LogP contribution in [-0.4, -0.2) is 17.1 Å². The molecule has 0 radical (unpaired) electrons. The number of nitrogens with zero attached hydrogens (tertiary/aromatic N) is 1. The van der Waals surface area contributed by atoms with E-state index in [-0.39, 0.29) is 12.1 Å². The van der Waals surface area contributed by atoms with Crippen LogP contribution in [0.5, 0.6) is 0 Å². The van der Waals surface area contributed by atoms with Gasteiger partial charge in [-0.05, 0) is 20.8 Å². The Balaban J connectivity index is 2.79. The molecule has 0 aliphatic heterocycles. The van der Waals surface area contributed by atoms with Gasteiger partial charge in [0.05, 0.1) is 10.7 Å². The lowest BCUT2D eigenvalue weighted by molar-refractivity contribution is 0.0430. The lowest BCUT2D eigenvalue weighted by Crippen LogP contribution is -2.12. The second kappa shape index (κ2) is 4.37. The van der Waals surface area contributed by atoms with Gasteiger partial charge in [0, 0.05) is 0 Å². The Hall–Kier alpha value is -1.16. The van der Waals surface area contributed by atoms with Gasteiger partial charge in [-0.3, -0.25) is 0 Å². The molecule has 14 heavy (non-hydrogen) atoms. The molecular weight excluding hydrogens is 198 g/mol. The van der Waals surface area contributed by atoms with Crippen molar-refractivity contribution in [3.05, 3.63) is 28.2 Å². The molecule has 0 aliphatic carbocycles. The van der Waals surface area contributed by atoms with E-state index < -0.39 is 0 Å². The van der Waals surface area contributed by atoms with Gasteiger partial charge in [0.25, 0.3) is 0 Å². The highest BCUT2D eigenvalue weighted by Gasteiger charge is 2.16. The van der Waals surface area contributed by atoms with Crippen LogP contribution in [0.3, 0.4) is 0 Å². The van der Waals surface area contributed by atoms with Crippen LogP contribution in [0, 0.1) is 13.8 Å². The summed E-state index contributed by atoms with van der Waals surface area (Å²) in [4.78, 5) is 16.3. The van der Waals surface area contributed by atoms with Crippen LogP contribution < -0.4 is 0 Å². The summed E-state index contributed by atoms with van der Waals surface area (Å²) in [6.45, 7) is 8.99. The second-order valence-corrected chi connectivity index (χ2v) is 4.20. The molecule has 4 heteroatoms. The van der Waals surface area contributed by atoms with E-state index in [0.717, 1.165) is 10.7 Å². The van der Waals surface area contributed by atoms with Crippen LogP contribution in [0.4, 0.5) is 0 Å². The SMILES string of the molecule is C=CC(C)OC(=O)c1sc(C)nc1C. The van der Waals surface area contributed by atoms with Gasteiger partial charge < -0.3 is 4.74 Å². The smallest absolute Gasteiger partial charge is 0.350 e. The number of carbonyl (C=O) groups excluding carboxylic acids is 1. The van der Waals surface area contributed by atoms with Gasteiger partial charge in [-0.1, -0.05) is 12.7 Å². The van der Waals surface area contributed by atoms with E-state index in [0.29, 0.717) is 4.88 Å². The molecule has 1 heterocycles. The Morgan fingerprint density at radius 3 is 2.71 bits per heavy atom. The van der Waals surface area contributed by atoms with E-state index in [4.69, 9.17) is 4.74 Å². The van der Waals surface area contributed by atoms with Crippen LogP contribution in [0.1, 0.15) is 27.3 Å². The van der Waals surface area contributed by atoms with Gasteiger partial charge in [0.1, 0.15) is 11.0 Å². The first-order chi connectivity index (χ1) is 6.54. The topological polar surface area (TPSA) is 39.2 Å². The third-order valence-electron chi connectivity index (χ3n) is 1.71. The normalized spacial score (nSPS) is 12.2. The maximum atomic E-state index is 11.5. The van der Waals surface area contributed by atoms with Crippen molar-refractivity contribution in [2.45, 2.75) is 26.9 Å². The largest absolute Gasteiger partial charge is 0.454 e. The monoisotopic (exact) mass is 211 g/mol. The summed E-state index contributed by atoms with van der Waals surface area (Å²) < 4.78 is 5.09. The van der Waals surface area contributed by atoms with E-state index in [1.54, 1.807) is 19.9 Å². The molecule has 0 N–H and O–H groups in total. The summed E-state index contributed by atoms with van der Waals surface area (Å²) in [5.74, 6) is -0.319. The predicted molar refractivity (Wildman–Crippen MR) is 56.7 cm³/mol. The maximum Gasteiger partial charge on any atom is 0.350 e. The van der Waals surface area contributed by atoms with Gasteiger partial charge in [0.15, 0.2) is 0 Å². The molecule has 0 saturated heterocycles. The Morgan fingerprint density at radius 2 is 2.29 bits per heavy atom. The summed E-state index contributed by atoms with van der Waals surface area (Å²) in [5, 5.41) is 0.876. The minimum atomic E-state index is -0.319. The highest BCUT2D eigenvalue weighted by Crippen LogP contribution is 2.18. The number of hydrogen-bond donors (Lipinski definition) is 0. The molecule has 0 bridgehead atoms. The van der Waals surface area contributed by atoms with E-state index in [1.165, 1.54) is 11.3 Å². The fourth-order valence-corrected chi connectivity index (χ4v) is 1.79. The van der Waals surface area contributed by atoms with Crippen molar-refractivity contribution in [2.24, 2.45) is 0 Å². The standard InChI is InChI=1S/C10H13NO2S/c1-5-6(2)13-10(12)9-7(3)11-8(4)14-9/h5-6H,1H2,2-4H3. The van der Waals surface area contributed by atoms with Crippen LogP contribution in [0.15, 0.2) is 12.7 Å². The minimum Gasteiger partial charge on any atom is -0.454 e. The Morgan fingerprint density at radius 1 is 1.64 bits per heavy atom. The molecular formula is C10H13NO2S. The van der Waals surface area contributed by atoms with Crippen molar-refractivity contribution in [1.82, 2.24) is 4.98 Å². The van der Waals surface area contributed by atoms with E-state index >= 15 is 0 Å². The quantitative estimate of drug-likeness (QED) is 0.569. The highest BCUT2D eigenvalue weighted by atomic mass is 32.1. The summed E-state index contributed by atoms with van der Waals surface area (Å²) in [5.41, 5.74) is 0.730. The van der Waals surface area contributed by atoms with E-state index in [1.807, 2.05) is 6.92 Å². The van der Waals surface area contributed by atoms with Crippen molar-refractivity contribution < 1.29 is 9.53 Å². The van der Waals surface area contributed by atoms with Crippen molar-refractivity contribution in [3.8, 4) is 0 Å². The van der Waals surface area contributed by atoms with Gasteiger partial charge in [-0.15, -0.1) is 11.3 Å². The minimum absolute atomic E-state index is 0.260. The van der Waals surface area contributed by atoms with E-state index in [2.05, 4.69) is 11.6 Å². The molecule has 1 aromatic rings. The zero-order valence-corrected chi connectivity index (χ0v) is 9.35. The number of aryl methyl sites for hydroxylation is 2. The molecule has 0 saturated carbocycles. The Kier molecular flexibility index (Phi) is 3.41. The molecule has 1 unspecified atom stereocenters. The average Bonchev–Trinajstić information content (AvgIpc) is 2.45. The first-order valence-corrected chi connectivity index (χ1v) is 5.13. The fraction of sp³-hybridized carbons (Fsp3) is 0.400. The number of aromatic nitrogens is 1. The van der Waals surface area contributed by atoms with Gasteiger partial charge in [-0.2, -0.15) is 0 Å². The third-order valence-corrected chi connectivity index (χ3v) is 2.77. The first kappa shape index (κ1) is 10.9. The molecule has 0 amide bonds. The number of thiazole rings is 1. The summed E-state index contributed by atoms with van der Waals surface area (Å²) in [6, 6.07) is 0. The third kappa shape index (κ3) is 2.42. The molecule has 1 rings (SSSR count). The predicted octanol–water partition coefficient (Wildman–Crippen LogP) is 2.49. The lowest BCUT2D eigenvalue weighted by Gasteiger charge is -2.06. The number of carbonyl (C=O) groups is 1. The molecule has 0 spiro atoms. The number of ether oxygens (including phenoxy) is 1. The Labute approximate surface area is 87.4 Å². The van der Waals surface area contributed by atoms with Crippen LogP contribution >= 0.6 is 11.3 Å². The highest BCUT2D eigenvalue weighted by molar-refractivity contribution is 7.13. The number of esters is 1. The second-order valence-electron chi connectivity index (χ2n) is 2.99. The molecule has 0 fully saturated rings. The molecule has 1 aromatic heterocycles. The van der Waals surface area contributed by atoms with Crippen molar-refractivity contribution in [1.29, 1.82) is 0 Å². The fourth-order valence-electron chi connectivity index (χ4n) is 0.991. The van der Waals surface area contributed by atoms with Crippen molar-refractivity contribution in [3.63, 3.8) is 0 Å². The van der Waals surface area contributed by atoms with Gasteiger partial charge >= 0.3 is 5.97 Å². The molecule has 1 atom stereocenters. The van der Waals surface area contributed by atoms with Crippen LogP contribution in [0.25, 0.3) is 0 Å². The first-order valence-electron chi connectivity index (χ1n) is 4.32. The van der Waals surface area contributed by atoms with E-state index in [9.17, 15) is 4.79 Å². The van der Waals surface area contributed by atoms with Crippen molar-refractivity contribution in [2.75, 3.05) is 0 Å². The summed E-state index contributed by atoms with van der Waals surface area (Å²) in [6.07, 6.45) is 1.32. The molecule has 3 nitrogen and oxygen atoms in total. The van der Waals surface area contributed by atoms with Gasteiger partial charge in [0.2, 0.25) is 0 Å². The van der Waals surface area contributed by atoms with Crippen LogP contribution in [-0.2, 0) is 4.74 Å². The zero-order valence-electron chi connectivity index (χ0n) is 8.53. The molecule has 0 aromatic carbocycles.